The quantitative estimate of drug-likeness (QED) is 0.554. The number of hydrogen-bond donors (Lipinski definition) is 2. The monoisotopic (exact) mass is 129 g/mol. The lowest BCUT2D eigenvalue weighted by Crippen LogP contribution is -2.52. The number of nitrogens with one attached hydrogen (secondary N) is 1. The smallest absolute Gasteiger partial charge is 0.304 e. The van der Waals surface area contributed by atoms with Crippen molar-refractivity contribution in [3.8, 4) is 0 Å². The van der Waals surface area contributed by atoms with Crippen molar-refractivity contribution in [2.24, 2.45) is 5.92 Å². The van der Waals surface area contributed by atoms with Gasteiger partial charge in [-0.15, -0.1) is 0 Å². The molecule has 1 saturated heterocycles. The molecule has 0 spiro atoms. The third-order valence-electron chi connectivity index (χ3n) is 1.78. The molecule has 2 N–H and O–H groups in total. The van der Waals surface area contributed by atoms with Crippen molar-refractivity contribution in [1.29, 1.82) is 0 Å². The molecule has 1 rings (SSSR count). The van der Waals surface area contributed by atoms with Gasteiger partial charge in [0.25, 0.3) is 0 Å². The predicted molar refractivity (Wildman–Crippen MR) is 33.2 cm³/mol. The fraction of sp³-hybridized carbons (Fsp3) is 0.833. The third-order valence-corrected chi connectivity index (χ3v) is 1.78. The fourth-order valence-corrected chi connectivity index (χ4v) is 0.982. The zero-order valence-electron chi connectivity index (χ0n) is 5.42. The van der Waals surface area contributed by atoms with E-state index in [9.17, 15) is 4.79 Å². The summed E-state index contributed by atoms with van der Waals surface area (Å²) in [6.45, 7) is 3.03. The molecule has 1 aliphatic heterocycles. The summed E-state index contributed by atoms with van der Waals surface area (Å²) in [6.07, 6.45) is 0.265. The van der Waals surface area contributed by atoms with E-state index in [2.05, 4.69) is 12.2 Å². The van der Waals surface area contributed by atoms with Crippen LogP contribution in [0.5, 0.6) is 0 Å². The van der Waals surface area contributed by atoms with E-state index in [1.807, 2.05) is 0 Å². The molecule has 2 unspecified atom stereocenters. The molecule has 0 aliphatic carbocycles. The van der Waals surface area contributed by atoms with Crippen LogP contribution in [0.25, 0.3) is 0 Å². The van der Waals surface area contributed by atoms with Crippen LogP contribution in [0.1, 0.15) is 13.3 Å². The van der Waals surface area contributed by atoms with Crippen molar-refractivity contribution >= 4 is 5.97 Å². The largest absolute Gasteiger partial charge is 0.481 e. The van der Waals surface area contributed by atoms with Crippen LogP contribution in [0.15, 0.2) is 0 Å². The zero-order valence-corrected chi connectivity index (χ0v) is 5.42. The minimum atomic E-state index is -0.709. The van der Waals surface area contributed by atoms with Crippen LogP contribution in [0, 0.1) is 5.92 Å². The Balaban J connectivity index is 2.21. The second-order valence-electron chi connectivity index (χ2n) is 2.59. The summed E-state index contributed by atoms with van der Waals surface area (Å²) < 4.78 is 0. The summed E-state index contributed by atoms with van der Waals surface area (Å²) in [7, 11) is 0. The van der Waals surface area contributed by atoms with E-state index in [1.165, 1.54) is 0 Å². The Morgan fingerprint density at radius 3 is 2.67 bits per heavy atom. The van der Waals surface area contributed by atoms with Crippen molar-refractivity contribution in [3.63, 3.8) is 0 Å². The van der Waals surface area contributed by atoms with Crippen LogP contribution in [0.2, 0.25) is 0 Å². The highest BCUT2D eigenvalue weighted by molar-refractivity contribution is 5.67. The van der Waals surface area contributed by atoms with Gasteiger partial charge in [0.1, 0.15) is 0 Å². The lowest BCUT2D eigenvalue weighted by molar-refractivity contribution is -0.138. The van der Waals surface area contributed by atoms with Crippen molar-refractivity contribution < 1.29 is 9.90 Å². The average Bonchev–Trinajstić information content (AvgIpc) is 1.79. The minimum Gasteiger partial charge on any atom is -0.481 e. The first-order chi connectivity index (χ1) is 4.20. The molecule has 9 heavy (non-hydrogen) atoms. The van der Waals surface area contributed by atoms with Crippen molar-refractivity contribution in [3.05, 3.63) is 0 Å². The normalized spacial score (nSPS) is 33.4. The van der Waals surface area contributed by atoms with Gasteiger partial charge in [0.15, 0.2) is 0 Å². The summed E-state index contributed by atoms with van der Waals surface area (Å²) in [5.41, 5.74) is 0. The standard InChI is InChI=1S/C6H11NO2/c1-4-3-7-5(4)2-6(8)9/h4-5,7H,2-3H2,1H3,(H,8,9). The van der Waals surface area contributed by atoms with Gasteiger partial charge >= 0.3 is 5.97 Å². The lowest BCUT2D eigenvalue weighted by Gasteiger charge is -2.34. The Labute approximate surface area is 54.1 Å². The Morgan fingerprint density at radius 2 is 2.56 bits per heavy atom. The van der Waals surface area contributed by atoms with Crippen LogP contribution in [0.3, 0.4) is 0 Å². The number of rotatable bonds is 2. The molecular formula is C6H11NO2. The molecule has 1 heterocycles. The molecule has 1 fully saturated rings. The molecule has 0 aromatic heterocycles. The minimum absolute atomic E-state index is 0.225. The van der Waals surface area contributed by atoms with Crippen LogP contribution >= 0.6 is 0 Å². The van der Waals surface area contributed by atoms with Crippen LogP contribution < -0.4 is 5.32 Å². The maximum Gasteiger partial charge on any atom is 0.304 e. The van der Waals surface area contributed by atoms with E-state index in [1.54, 1.807) is 0 Å². The van der Waals surface area contributed by atoms with Crippen molar-refractivity contribution in [1.82, 2.24) is 5.32 Å². The molecule has 0 bridgehead atoms. The first kappa shape index (κ1) is 6.55. The Morgan fingerprint density at radius 1 is 1.89 bits per heavy atom. The molecule has 1 aliphatic rings. The Kier molecular flexibility index (Phi) is 1.71. The Bertz CT molecular complexity index is 124. The summed E-state index contributed by atoms with van der Waals surface area (Å²) in [5, 5.41) is 11.4. The summed E-state index contributed by atoms with van der Waals surface area (Å²) in [6, 6.07) is 0.225. The van der Waals surface area contributed by atoms with E-state index < -0.39 is 5.97 Å². The molecule has 0 saturated carbocycles. The molecular weight excluding hydrogens is 118 g/mol. The number of aliphatic carboxylic acids is 1. The highest BCUT2D eigenvalue weighted by Crippen LogP contribution is 2.14. The van der Waals surface area contributed by atoms with Crippen molar-refractivity contribution in [2.75, 3.05) is 6.54 Å². The maximum atomic E-state index is 10.1. The van der Waals surface area contributed by atoms with Crippen LogP contribution in [-0.2, 0) is 4.79 Å². The van der Waals surface area contributed by atoms with Gasteiger partial charge in [0, 0.05) is 6.04 Å². The number of carboxylic acid groups (broad SMARTS) is 1. The predicted octanol–water partition coefficient (Wildman–Crippen LogP) is 0.0690. The van der Waals surface area contributed by atoms with Gasteiger partial charge < -0.3 is 10.4 Å². The highest BCUT2D eigenvalue weighted by atomic mass is 16.4. The molecule has 0 aromatic rings. The highest BCUT2D eigenvalue weighted by Gasteiger charge is 2.27. The van der Waals surface area contributed by atoms with E-state index in [0.29, 0.717) is 5.92 Å². The van der Waals surface area contributed by atoms with Gasteiger partial charge in [-0.1, -0.05) is 6.92 Å². The third kappa shape index (κ3) is 1.42. The number of carboxylic acids is 1. The topological polar surface area (TPSA) is 49.3 Å². The molecule has 0 radical (unpaired) electrons. The van der Waals surface area contributed by atoms with Crippen molar-refractivity contribution in [2.45, 2.75) is 19.4 Å². The second kappa shape index (κ2) is 2.35. The first-order valence-corrected chi connectivity index (χ1v) is 3.15. The SMILES string of the molecule is CC1CNC1CC(=O)O. The Hall–Kier alpha value is -0.570. The molecule has 3 heteroatoms. The summed E-state index contributed by atoms with van der Waals surface area (Å²) >= 11 is 0. The van der Waals surface area contributed by atoms with Crippen LogP contribution in [0.4, 0.5) is 0 Å². The van der Waals surface area contributed by atoms with Gasteiger partial charge in [-0.2, -0.15) is 0 Å². The number of carbonyl (C=O) groups is 1. The molecule has 3 nitrogen and oxygen atoms in total. The average molecular weight is 129 g/mol. The van der Waals surface area contributed by atoms with Gasteiger partial charge in [-0.05, 0) is 12.5 Å². The zero-order chi connectivity index (χ0) is 6.85. The van der Waals surface area contributed by atoms with Gasteiger partial charge in [-0.3, -0.25) is 4.79 Å². The molecule has 0 aromatic carbocycles. The molecule has 2 atom stereocenters. The van der Waals surface area contributed by atoms with Gasteiger partial charge in [-0.25, -0.2) is 0 Å². The second-order valence-corrected chi connectivity index (χ2v) is 2.59. The fourth-order valence-electron chi connectivity index (χ4n) is 0.982. The first-order valence-electron chi connectivity index (χ1n) is 3.15. The van der Waals surface area contributed by atoms with E-state index in [4.69, 9.17) is 5.11 Å². The maximum absolute atomic E-state index is 10.1. The van der Waals surface area contributed by atoms with Gasteiger partial charge in [0.2, 0.25) is 0 Å². The van der Waals surface area contributed by atoms with E-state index >= 15 is 0 Å². The van der Waals surface area contributed by atoms with E-state index in [-0.39, 0.29) is 12.5 Å². The summed E-state index contributed by atoms with van der Waals surface area (Å²) in [4.78, 5) is 10.1. The summed E-state index contributed by atoms with van der Waals surface area (Å²) in [5.74, 6) is -0.167. The van der Waals surface area contributed by atoms with Crippen LogP contribution in [-0.4, -0.2) is 23.7 Å². The molecule has 52 valence electrons. The molecule has 0 amide bonds. The lowest BCUT2D eigenvalue weighted by atomic mass is 9.91. The van der Waals surface area contributed by atoms with Gasteiger partial charge in [0.05, 0.1) is 6.42 Å². The van der Waals surface area contributed by atoms with E-state index in [0.717, 1.165) is 6.54 Å². The number of hydrogen-bond acceptors (Lipinski definition) is 2.